The monoisotopic (exact) mass is 387 g/mol. The molecule has 0 spiro atoms. The molecular formula is C18H20F3NO5. The van der Waals surface area contributed by atoms with Gasteiger partial charge in [-0.25, -0.2) is 9.59 Å². The number of furan rings is 1. The van der Waals surface area contributed by atoms with E-state index >= 15 is 0 Å². The topological polar surface area (TPSA) is 88.8 Å². The van der Waals surface area contributed by atoms with Gasteiger partial charge in [0.2, 0.25) is 5.76 Å². The zero-order valence-electron chi connectivity index (χ0n) is 15.1. The summed E-state index contributed by atoms with van der Waals surface area (Å²) in [5.74, 6) is -1.77. The van der Waals surface area contributed by atoms with Gasteiger partial charge in [0.05, 0.1) is 5.56 Å². The van der Waals surface area contributed by atoms with Crippen LogP contribution in [0.15, 0.2) is 22.6 Å². The average molecular weight is 387 g/mol. The number of halogens is 3. The fourth-order valence-electron chi connectivity index (χ4n) is 2.52. The van der Waals surface area contributed by atoms with Crippen LogP contribution in [-0.4, -0.2) is 29.3 Å². The van der Waals surface area contributed by atoms with Crippen LogP contribution < -0.4 is 5.32 Å². The van der Waals surface area contributed by atoms with Gasteiger partial charge in [0.15, 0.2) is 0 Å². The Hall–Kier alpha value is -2.71. The van der Waals surface area contributed by atoms with E-state index in [0.29, 0.717) is 6.42 Å². The van der Waals surface area contributed by atoms with Crippen LogP contribution in [0.3, 0.4) is 0 Å². The molecule has 0 fully saturated rings. The predicted octanol–water partition coefficient (Wildman–Crippen LogP) is 4.61. The number of hydrogen-bond acceptors (Lipinski definition) is 4. The summed E-state index contributed by atoms with van der Waals surface area (Å²) >= 11 is 0. The van der Waals surface area contributed by atoms with Crippen LogP contribution in [0.1, 0.15) is 48.9 Å². The lowest BCUT2D eigenvalue weighted by Gasteiger charge is -2.19. The molecule has 0 atom stereocenters. The maximum Gasteiger partial charge on any atom is 0.416 e. The first-order valence-corrected chi connectivity index (χ1v) is 8.21. The predicted molar refractivity (Wildman–Crippen MR) is 90.7 cm³/mol. The van der Waals surface area contributed by atoms with Gasteiger partial charge in [-0.1, -0.05) is 0 Å². The molecule has 0 aliphatic rings. The normalized spacial score (nSPS) is 12.2. The molecule has 1 amide bonds. The molecule has 6 nitrogen and oxygen atoms in total. The van der Waals surface area contributed by atoms with E-state index in [0.717, 1.165) is 18.2 Å². The number of carboxylic acid groups (broad SMARTS) is 1. The quantitative estimate of drug-likeness (QED) is 0.732. The molecule has 148 valence electrons. The Morgan fingerprint density at radius 1 is 1.22 bits per heavy atom. The summed E-state index contributed by atoms with van der Waals surface area (Å²) in [6, 6.07) is 2.82. The minimum Gasteiger partial charge on any atom is -0.475 e. The summed E-state index contributed by atoms with van der Waals surface area (Å²) < 4.78 is 49.1. The van der Waals surface area contributed by atoms with E-state index < -0.39 is 35.2 Å². The van der Waals surface area contributed by atoms with Crippen molar-refractivity contribution in [1.82, 2.24) is 5.32 Å². The molecule has 2 N–H and O–H groups in total. The number of alkyl carbamates (subject to hydrolysis) is 1. The number of amides is 1. The molecule has 0 aliphatic heterocycles. The van der Waals surface area contributed by atoms with Gasteiger partial charge in [-0.05, 0) is 51.8 Å². The number of nitrogens with one attached hydrogen (secondary N) is 1. The number of fused-ring (bicyclic) bond motifs is 1. The van der Waals surface area contributed by atoms with Crippen molar-refractivity contribution in [2.75, 3.05) is 6.54 Å². The first-order valence-electron chi connectivity index (χ1n) is 8.21. The number of carboxylic acids is 1. The number of ether oxygens (including phenoxy) is 1. The molecule has 0 saturated heterocycles. The van der Waals surface area contributed by atoms with E-state index in [-0.39, 0.29) is 29.5 Å². The number of hydrogen-bond donors (Lipinski definition) is 2. The largest absolute Gasteiger partial charge is 0.475 e. The highest BCUT2D eigenvalue weighted by molar-refractivity contribution is 5.95. The number of carbonyl (C=O) groups excluding carboxylic acids is 1. The Labute approximate surface area is 153 Å². The van der Waals surface area contributed by atoms with Crippen molar-refractivity contribution in [2.45, 2.75) is 45.4 Å². The lowest BCUT2D eigenvalue weighted by Crippen LogP contribution is -2.33. The SMILES string of the molecule is CC(C)(C)OC(=O)NCCCc1c(C(=O)O)oc2ccc(C(F)(F)F)cc12. The van der Waals surface area contributed by atoms with E-state index in [1.165, 1.54) is 0 Å². The van der Waals surface area contributed by atoms with Gasteiger partial charge in [0, 0.05) is 17.5 Å². The summed E-state index contributed by atoms with van der Waals surface area (Å²) in [6.45, 7) is 5.30. The zero-order chi connectivity index (χ0) is 20.4. The van der Waals surface area contributed by atoms with Crippen molar-refractivity contribution in [1.29, 1.82) is 0 Å². The van der Waals surface area contributed by atoms with E-state index in [1.807, 2.05) is 0 Å². The summed E-state index contributed by atoms with van der Waals surface area (Å²) in [5.41, 5.74) is -1.32. The molecular weight excluding hydrogens is 367 g/mol. The van der Waals surface area contributed by atoms with Gasteiger partial charge in [0.25, 0.3) is 0 Å². The Morgan fingerprint density at radius 2 is 1.89 bits per heavy atom. The molecule has 2 rings (SSSR count). The van der Waals surface area contributed by atoms with Crippen LogP contribution in [0.4, 0.5) is 18.0 Å². The van der Waals surface area contributed by atoms with Crippen LogP contribution in [0.5, 0.6) is 0 Å². The maximum absolute atomic E-state index is 12.9. The Kier molecular flexibility index (Phi) is 5.72. The van der Waals surface area contributed by atoms with Crippen molar-refractivity contribution in [2.24, 2.45) is 0 Å². The zero-order valence-corrected chi connectivity index (χ0v) is 15.1. The maximum atomic E-state index is 12.9. The van der Waals surface area contributed by atoms with Crippen LogP contribution in [0.25, 0.3) is 11.0 Å². The Morgan fingerprint density at radius 3 is 2.44 bits per heavy atom. The van der Waals surface area contributed by atoms with E-state index in [2.05, 4.69) is 5.32 Å². The number of alkyl halides is 3. The minimum atomic E-state index is -4.55. The average Bonchev–Trinajstić information content (AvgIpc) is 2.87. The number of aryl methyl sites for hydroxylation is 1. The molecule has 9 heteroatoms. The second-order valence-electron chi connectivity index (χ2n) is 6.96. The molecule has 0 bridgehead atoms. The van der Waals surface area contributed by atoms with Gasteiger partial charge in [-0.3, -0.25) is 0 Å². The lowest BCUT2D eigenvalue weighted by molar-refractivity contribution is -0.137. The summed E-state index contributed by atoms with van der Waals surface area (Å²) in [5, 5.41) is 11.9. The van der Waals surface area contributed by atoms with E-state index in [4.69, 9.17) is 9.15 Å². The molecule has 1 heterocycles. The second kappa shape index (κ2) is 7.50. The van der Waals surface area contributed by atoms with Crippen molar-refractivity contribution >= 4 is 23.0 Å². The minimum absolute atomic E-state index is 0.0653. The summed E-state index contributed by atoms with van der Waals surface area (Å²) in [4.78, 5) is 23.0. The van der Waals surface area contributed by atoms with Crippen LogP contribution in [0.2, 0.25) is 0 Å². The number of carbonyl (C=O) groups is 2. The second-order valence-corrected chi connectivity index (χ2v) is 6.96. The smallest absolute Gasteiger partial charge is 0.416 e. The van der Waals surface area contributed by atoms with Gasteiger partial charge in [-0.2, -0.15) is 13.2 Å². The number of rotatable bonds is 5. The van der Waals surface area contributed by atoms with Crippen molar-refractivity contribution in [3.05, 3.63) is 35.1 Å². The van der Waals surface area contributed by atoms with Gasteiger partial charge >= 0.3 is 18.2 Å². The molecule has 0 unspecified atom stereocenters. The molecule has 0 radical (unpaired) electrons. The van der Waals surface area contributed by atoms with Crippen molar-refractivity contribution < 1.29 is 37.0 Å². The third-order valence-electron chi connectivity index (χ3n) is 3.58. The number of benzene rings is 1. The van der Waals surface area contributed by atoms with Crippen LogP contribution >= 0.6 is 0 Å². The molecule has 0 aliphatic carbocycles. The van der Waals surface area contributed by atoms with Crippen molar-refractivity contribution in [3.8, 4) is 0 Å². The number of aromatic carboxylic acids is 1. The Balaban J connectivity index is 2.17. The fourth-order valence-corrected chi connectivity index (χ4v) is 2.52. The van der Waals surface area contributed by atoms with E-state index in [1.54, 1.807) is 20.8 Å². The highest BCUT2D eigenvalue weighted by Gasteiger charge is 2.32. The first-order chi connectivity index (χ1) is 12.4. The highest BCUT2D eigenvalue weighted by Crippen LogP contribution is 2.34. The third-order valence-corrected chi connectivity index (χ3v) is 3.58. The summed E-state index contributed by atoms with van der Waals surface area (Å²) in [7, 11) is 0. The van der Waals surface area contributed by atoms with Crippen LogP contribution in [-0.2, 0) is 17.3 Å². The fraction of sp³-hybridized carbons (Fsp3) is 0.444. The van der Waals surface area contributed by atoms with Gasteiger partial charge < -0.3 is 19.6 Å². The molecule has 27 heavy (non-hydrogen) atoms. The van der Waals surface area contributed by atoms with Gasteiger partial charge in [0.1, 0.15) is 11.2 Å². The standard InChI is InChI=1S/C18H20F3NO5/c1-17(2,3)27-16(25)22-8-4-5-11-12-9-10(18(19,20)21)6-7-13(12)26-14(11)15(23)24/h6-7,9H,4-5,8H2,1-3H3,(H,22,25)(H,23,24). The highest BCUT2D eigenvalue weighted by atomic mass is 19.4. The first kappa shape index (κ1) is 20.6. The Bertz CT molecular complexity index is 849. The molecule has 2 aromatic rings. The molecule has 1 aromatic carbocycles. The molecule has 0 saturated carbocycles. The third kappa shape index (κ3) is 5.38. The van der Waals surface area contributed by atoms with Crippen LogP contribution in [0, 0.1) is 0 Å². The van der Waals surface area contributed by atoms with E-state index in [9.17, 15) is 27.9 Å². The summed E-state index contributed by atoms with van der Waals surface area (Å²) in [6.07, 6.45) is -4.77. The molecule has 1 aromatic heterocycles. The van der Waals surface area contributed by atoms with Crippen molar-refractivity contribution in [3.63, 3.8) is 0 Å². The lowest BCUT2D eigenvalue weighted by atomic mass is 10.0. The van der Waals surface area contributed by atoms with Gasteiger partial charge in [-0.15, -0.1) is 0 Å².